The molecule has 0 bridgehead atoms. The summed E-state index contributed by atoms with van der Waals surface area (Å²) in [5.41, 5.74) is 3.77. The monoisotopic (exact) mass is 219 g/mol. The van der Waals surface area contributed by atoms with Crippen molar-refractivity contribution in [1.82, 2.24) is 0 Å². The highest BCUT2D eigenvalue weighted by molar-refractivity contribution is 5.94. The van der Waals surface area contributed by atoms with E-state index in [0.717, 1.165) is 6.07 Å². The maximum absolute atomic E-state index is 12.3. The number of alkyl halides is 3. The summed E-state index contributed by atoms with van der Waals surface area (Å²) < 4.78 is 36.9. The third kappa shape index (κ3) is 2.20. The van der Waals surface area contributed by atoms with Crippen LogP contribution in [0.5, 0.6) is 0 Å². The largest absolute Gasteiger partial charge is 0.478 e. The molecule has 0 aliphatic rings. The van der Waals surface area contributed by atoms with E-state index in [9.17, 15) is 18.0 Å². The average Bonchev–Trinajstić information content (AvgIpc) is 2.06. The van der Waals surface area contributed by atoms with Gasteiger partial charge in [-0.25, -0.2) is 4.79 Å². The Morgan fingerprint density at radius 2 is 1.93 bits per heavy atom. The first-order valence-corrected chi connectivity index (χ1v) is 3.94. The quantitative estimate of drug-likeness (QED) is 0.712. The number of aromatic carboxylic acids is 1. The number of hydrogen-bond donors (Lipinski definition) is 2. The number of nitrogens with two attached hydrogens (primary N) is 1. The molecule has 0 amide bonds. The predicted octanol–water partition coefficient (Wildman–Crippen LogP) is 2.29. The summed E-state index contributed by atoms with van der Waals surface area (Å²) in [6, 6.07) is 1.35. The van der Waals surface area contributed by atoms with Crippen molar-refractivity contribution in [3.05, 3.63) is 28.8 Å². The van der Waals surface area contributed by atoms with Gasteiger partial charge < -0.3 is 10.8 Å². The summed E-state index contributed by atoms with van der Waals surface area (Å²) in [7, 11) is 0. The third-order valence-electron chi connectivity index (χ3n) is 1.94. The molecule has 6 heteroatoms. The minimum Gasteiger partial charge on any atom is -0.478 e. The SMILES string of the molecule is Cc1cc(C(F)(F)F)cc(C(=O)O)c1N. The van der Waals surface area contributed by atoms with Gasteiger partial charge in [0.15, 0.2) is 0 Å². The van der Waals surface area contributed by atoms with Crippen LogP contribution >= 0.6 is 0 Å². The molecule has 15 heavy (non-hydrogen) atoms. The van der Waals surface area contributed by atoms with E-state index in [1.165, 1.54) is 6.92 Å². The van der Waals surface area contributed by atoms with Crippen molar-refractivity contribution in [3.8, 4) is 0 Å². The van der Waals surface area contributed by atoms with Gasteiger partial charge in [-0.05, 0) is 24.6 Å². The number of rotatable bonds is 1. The molecule has 0 heterocycles. The van der Waals surface area contributed by atoms with Gasteiger partial charge in [0.25, 0.3) is 0 Å². The highest BCUT2D eigenvalue weighted by Crippen LogP contribution is 2.32. The van der Waals surface area contributed by atoms with E-state index in [-0.39, 0.29) is 11.3 Å². The molecule has 0 aromatic heterocycles. The van der Waals surface area contributed by atoms with Crippen molar-refractivity contribution < 1.29 is 23.1 Å². The van der Waals surface area contributed by atoms with E-state index in [1.807, 2.05) is 0 Å². The normalized spacial score (nSPS) is 11.5. The van der Waals surface area contributed by atoms with Gasteiger partial charge in [0.2, 0.25) is 0 Å². The van der Waals surface area contributed by atoms with E-state index in [0.29, 0.717) is 6.07 Å². The van der Waals surface area contributed by atoms with Crippen LogP contribution < -0.4 is 5.73 Å². The predicted molar refractivity (Wildman–Crippen MR) is 47.6 cm³/mol. The smallest absolute Gasteiger partial charge is 0.416 e. The highest BCUT2D eigenvalue weighted by atomic mass is 19.4. The van der Waals surface area contributed by atoms with Crippen molar-refractivity contribution in [2.75, 3.05) is 5.73 Å². The maximum Gasteiger partial charge on any atom is 0.416 e. The number of carbonyl (C=O) groups is 1. The van der Waals surface area contributed by atoms with Crippen LogP contribution in [0.3, 0.4) is 0 Å². The maximum atomic E-state index is 12.3. The van der Waals surface area contributed by atoms with Crippen molar-refractivity contribution >= 4 is 11.7 Å². The number of aryl methyl sites for hydroxylation is 1. The number of anilines is 1. The molecule has 0 saturated heterocycles. The molecular weight excluding hydrogens is 211 g/mol. The average molecular weight is 219 g/mol. The van der Waals surface area contributed by atoms with Crippen LogP contribution in [-0.2, 0) is 6.18 Å². The Bertz CT molecular complexity index is 413. The molecule has 0 unspecified atom stereocenters. The first-order chi connectivity index (χ1) is 6.73. The van der Waals surface area contributed by atoms with Crippen LogP contribution in [0.2, 0.25) is 0 Å². The number of carboxylic acid groups (broad SMARTS) is 1. The van der Waals surface area contributed by atoms with Crippen molar-refractivity contribution in [1.29, 1.82) is 0 Å². The van der Waals surface area contributed by atoms with Crippen molar-refractivity contribution in [3.63, 3.8) is 0 Å². The van der Waals surface area contributed by atoms with Crippen molar-refractivity contribution in [2.45, 2.75) is 13.1 Å². The lowest BCUT2D eigenvalue weighted by Crippen LogP contribution is -2.11. The lowest BCUT2D eigenvalue weighted by atomic mass is 10.0. The zero-order valence-corrected chi connectivity index (χ0v) is 7.72. The summed E-state index contributed by atoms with van der Waals surface area (Å²) >= 11 is 0. The van der Waals surface area contributed by atoms with Gasteiger partial charge in [0.1, 0.15) is 0 Å². The van der Waals surface area contributed by atoms with Gasteiger partial charge in [-0.1, -0.05) is 0 Å². The summed E-state index contributed by atoms with van der Waals surface area (Å²) in [5, 5.41) is 8.63. The Morgan fingerprint density at radius 1 is 1.40 bits per heavy atom. The van der Waals surface area contributed by atoms with Crippen LogP contribution in [0.4, 0.5) is 18.9 Å². The summed E-state index contributed by atoms with van der Waals surface area (Å²) in [4.78, 5) is 10.6. The lowest BCUT2D eigenvalue weighted by Gasteiger charge is -2.11. The lowest BCUT2D eigenvalue weighted by molar-refractivity contribution is -0.137. The number of halogens is 3. The number of benzene rings is 1. The summed E-state index contributed by atoms with van der Waals surface area (Å²) in [6.07, 6.45) is -4.57. The van der Waals surface area contributed by atoms with Gasteiger partial charge in [0, 0.05) is 5.69 Å². The first kappa shape index (κ1) is 11.4. The molecule has 1 aromatic rings. The third-order valence-corrected chi connectivity index (χ3v) is 1.94. The highest BCUT2D eigenvalue weighted by Gasteiger charge is 2.32. The molecule has 0 atom stereocenters. The second kappa shape index (κ2) is 3.45. The van der Waals surface area contributed by atoms with Crippen LogP contribution in [0.15, 0.2) is 12.1 Å². The van der Waals surface area contributed by atoms with Gasteiger partial charge >= 0.3 is 12.1 Å². The molecule has 3 N–H and O–H groups in total. The summed E-state index contributed by atoms with van der Waals surface area (Å²) in [5.74, 6) is -1.47. The molecule has 0 fully saturated rings. The molecular formula is C9H8F3NO2. The van der Waals surface area contributed by atoms with Crippen LogP contribution in [0, 0.1) is 6.92 Å². The zero-order chi connectivity index (χ0) is 11.8. The Hall–Kier alpha value is -1.72. The molecule has 0 aliphatic heterocycles. The van der Waals surface area contributed by atoms with E-state index < -0.39 is 23.3 Å². The van der Waals surface area contributed by atoms with Crippen LogP contribution in [-0.4, -0.2) is 11.1 Å². The minimum atomic E-state index is -4.57. The van der Waals surface area contributed by atoms with E-state index in [4.69, 9.17) is 10.8 Å². The van der Waals surface area contributed by atoms with E-state index in [1.54, 1.807) is 0 Å². The standard InChI is InChI=1S/C9H8F3NO2/c1-4-2-5(9(10,11)12)3-6(7(4)13)8(14)15/h2-3H,13H2,1H3,(H,14,15). The minimum absolute atomic E-state index is 0.0993. The second-order valence-corrected chi connectivity index (χ2v) is 3.06. The van der Waals surface area contributed by atoms with Gasteiger partial charge in [-0.15, -0.1) is 0 Å². The fraction of sp³-hybridized carbons (Fsp3) is 0.222. The van der Waals surface area contributed by atoms with Crippen LogP contribution in [0.1, 0.15) is 21.5 Å². The van der Waals surface area contributed by atoms with Crippen molar-refractivity contribution in [2.24, 2.45) is 0 Å². The molecule has 1 aromatic carbocycles. The number of hydrogen-bond acceptors (Lipinski definition) is 2. The second-order valence-electron chi connectivity index (χ2n) is 3.06. The van der Waals surface area contributed by atoms with Gasteiger partial charge in [0.05, 0.1) is 11.1 Å². The fourth-order valence-corrected chi connectivity index (χ4v) is 1.14. The molecule has 1 rings (SSSR count). The van der Waals surface area contributed by atoms with Gasteiger partial charge in [-0.2, -0.15) is 13.2 Å². The Balaban J connectivity index is 3.43. The van der Waals surface area contributed by atoms with Crippen LogP contribution in [0.25, 0.3) is 0 Å². The zero-order valence-electron chi connectivity index (χ0n) is 7.72. The molecule has 82 valence electrons. The van der Waals surface area contributed by atoms with Gasteiger partial charge in [-0.3, -0.25) is 0 Å². The topological polar surface area (TPSA) is 63.3 Å². The first-order valence-electron chi connectivity index (χ1n) is 3.94. The molecule has 0 radical (unpaired) electrons. The van der Waals surface area contributed by atoms with E-state index >= 15 is 0 Å². The van der Waals surface area contributed by atoms with E-state index in [2.05, 4.69) is 0 Å². The molecule has 0 spiro atoms. The summed E-state index contributed by atoms with van der Waals surface area (Å²) in [6.45, 7) is 1.33. The fourth-order valence-electron chi connectivity index (χ4n) is 1.14. The Labute approximate surface area is 83.3 Å². The Kier molecular flexibility index (Phi) is 2.61. The molecule has 3 nitrogen and oxygen atoms in total. The number of nitrogen functional groups attached to an aromatic ring is 1. The molecule has 0 aliphatic carbocycles. The number of carboxylic acids is 1. The molecule has 0 saturated carbocycles. The Morgan fingerprint density at radius 3 is 2.33 bits per heavy atom.